The van der Waals surface area contributed by atoms with E-state index in [9.17, 15) is 9.50 Å². The van der Waals surface area contributed by atoms with Gasteiger partial charge in [-0.05, 0) is 73.3 Å². The number of benzene rings is 1. The van der Waals surface area contributed by atoms with Crippen LogP contribution in [-0.4, -0.2) is 46.3 Å². The van der Waals surface area contributed by atoms with Crippen LogP contribution in [0.2, 0.25) is 0 Å². The highest BCUT2D eigenvalue weighted by molar-refractivity contribution is 8.36. The van der Waals surface area contributed by atoms with Crippen LogP contribution in [0.5, 0.6) is 5.75 Å². The number of nitrogens with zero attached hydrogens (tertiary/aromatic N) is 5. The van der Waals surface area contributed by atoms with E-state index in [0.29, 0.717) is 27.5 Å². The van der Waals surface area contributed by atoms with Crippen molar-refractivity contribution in [1.82, 2.24) is 20.2 Å². The molecule has 0 radical (unpaired) electrons. The molecule has 1 N–H and O–H groups in total. The maximum atomic E-state index is 16.1. The van der Waals surface area contributed by atoms with Crippen molar-refractivity contribution >= 4 is 55.5 Å². The van der Waals surface area contributed by atoms with Crippen LogP contribution < -0.4 is 4.90 Å². The minimum absolute atomic E-state index is 0.0702. The molecule has 0 spiro atoms. The summed E-state index contributed by atoms with van der Waals surface area (Å²) in [6.45, 7) is 4.42. The number of hydrogen-bond donors (Lipinski definition) is 4. The number of phenols is 1. The van der Waals surface area contributed by atoms with Crippen LogP contribution in [-0.2, 0) is 0 Å². The summed E-state index contributed by atoms with van der Waals surface area (Å²) in [6, 6.07) is 7.91. The Balaban J connectivity index is 1.26. The van der Waals surface area contributed by atoms with Gasteiger partial charge in [0.15, 0.2) is 14.4 Å². The van der Waals surface area contributed by atoms with Crippen molar-refractivity contribution in [3.8, 4) is 28.3 Å². The molecule has 0 saturated heterocycles. The van der Waals surface area contributed by atoms with Gasteiger partial charge in [-0.2, -0.15) is 4.39 Å². The Kier molecular flexibility index (Phi) is 7.69. The molecule has 3 fully saturated rings. The SMILES string of the molecule is C[C@]12CCC[C@](C)(C1)[C@H](F)[C@H](N(c1cnc(-c3ccc(-c4cc(F)nc(SC(S)(S)S)c4)cc3O)nn1)C1CC1)C2. The van der Waals surface area contributed by atoms with Gasteiger partial charge in [-0.1, -0.05) is 38.1 Å². The lowest BCUT2D eigenvalue weighted by Crippen LogP contribution is -2.58. The number of alkyl halides is 1. The average molecular weight is 634 g/mol. The van der Waals surface area contributed by atoms with Crippen LogP contribution in [0, 0.1) is 16.8 Å². The molecule has 0 aliphatic heterocycles. The van der Waals surface area contributed by atoms with Gasteiger partial charge in [0.1, 0.15) is 16.9 Å². The molecule has 4 atom stereocenters. The molecule has 218 valence electrons. The van der Waals surface area contributed by atoms with Crippen LogP contribution in [0.1, 0.15) is 58.8 Å². The fraction of sp³-hybridized carbons (Fsp3) is 0.517. The molecule has 3 aliphatic carbocycles. The predicted octanol–water partition coefficient (Wildman–Crippen LogP) is 7.60. The first-order valence-electron chi connectivity index (χ1n) is 13.8. The summed E-state index contributed by atoms with van der Waals surface area (Å²) in [7, 11) is 0. The predicted molar refractivity (Wildman–Crippen MR) is 169 cm³/mol. The van der Waals surface area contributed by atoms with Crippen molar-refractivity contribution in [3.05, 3.63) is 42.5 Å². The zero-order valence-corrected chi connectivity index (χ0v) is 26.3. The second-order valence-corrected chi connectivity index (χ2v) is 17.6. The molecule has 3 aliphatic rings. The second kappa shape index (κ2) is 10.7. The molecule has 6 rings (SSSR count). The lowest BCUT2D eigenvalue weighted by Gasteiger charge is -2.56. The highest BCUT2D eigenvalue weighted by atomic mass is 32.3. The van der Waals surface area contributed by atoms with Crippen molar-refractivity contribution in [2.24, 2.45) is 10.8 Å². The number of halogens is 2. The number of hydrogen-bond acceptors (Lipinski definition) is 10. The maximum Gasteiger partial charge on any atom is 0.214 e. The number of rotatable bonds is 7. The van der Waals surface area contributed by atoms with Gasteiger partial charge in [0, 0.05) is 17.5 Å². The Morgan fingerprint density at radius 2 is 1.85 bits per heavy atom. The van der Waals surface area contributed by atoms with E-state index in [1.165, 1.54) is 12.1 Å². The molecular weight excluding hydrogens is 601 g/mol. The highest BCUT2D eigenvalue weighted by Gasteiger charge is 2.56. The highest BCUT2D eigenvalue weighted by Crippen LogP contribution is 2.58. The van der Waals surface area contributed by atoms with E-state index < -0.39 is 14.9 Å². The third kappa shape index (κ3) is 6.17. The minimum Gasteiger partial charge on any atom is -0.507 e. The van der Waals surface area contributed by atoms with Crippen LogP contribution in [0.15, 0.2) is 41.6 Å². The Labute approximate surface area is 259 Å². The van der Waals surface area contributed by atoms with Crippen LogP contribution in [0.25, 0.3) is 22.5 Å². The van der Waals surface area contributed by atoms with Crippen LogP contribution in [0.4, 0.5) is 14.6 Å². The first-order valence-corrected chi connectivity index (χ1v) is 16.0. The molecule has 12 heteroatoms. The Hall–Kier alpha value is -1.76. The first-order chi connectivity index (χ1) is 19.3. The lowest BCUT2D eigenvalue weighted by atomic mass is 9.54. The van der Waals surface area contributed by atoms with E-state index in [1.807, 2.05) is 0 Å². The molecule has 2 bridgehead atoms. The second-order valence-electron chi connectivity index (χ2n) is 12.4. The summed E-state index contributed by atoms with van der Waals surface area (Å²) < 4.78 is 29.3. The smallest absolute Gasteiger partial charge is 0.214 e. The fourth-order valence-electron chi connectivity index (χ4n) is 7.02. The van der Waals surface area contributed by atoms with Gasteiger partial charge in [0.25, 0.3) is 0 Å². The van der Waals surface area contributed by atoms with Gasteiger partial charge in [-0.25, -0.2) is 14.4 Å². The van der Waals surface area contributed by atoms with Gasteiger partial charge in [0.05, 0.1) is 17.8 Å². The molecule has 6 nitrogen and oxygen atoms in total. The summed E-state index contributed by atoms with van der Waals surface area (Å²) in [4.78, 5) is 10.5. The summed E-state index contributed by atoms with van der Waals surface area (Å²) in [6.07, 6.45) is 7.61. The number of thiol groups is 3. The quantitative estimate of drug-likeness (QED) is 0.0924. The molecule has 2 heterocycles. The lowest BCUT2D eigenvalue weighted by molar-refractivity contribution is -0.0554. The Morgan fingerprint density at radius 1 is 1.07 bits per heavy atom. The topological polar surface area (TPSA) is 75.0 Å². The molecule has 3 saturated carbocycles. The third-order valence-corrected chi connectivity index (χ3v) is 10.3. The Bertz CT molecular complexity index is 1450. The third-order valence-electron chi connectivity index (χ3n) is 8.76. The van der Waals surface area contributed by atoms with Crippen LogP contribution in [0.3, 0.4) is 0 Å². The van der Waals surface area contributed by atoms with Crippen molar-refractivity contribution in [2.45, 2.75) is 84.8 Å². The van der Waals surface area contributed by atoms with E-state index >= 15 is 4.39 Å². The van der Waals surface area contributed by atoms with Gasteiger partial charge in [-0.3, -0.25) is 0 Å². The summed E-state index contributed by atoms with van der Waals surface area (Å²) in [5, 5.41) is 20.1. The maximum absolute atomic E-state index is 16.1. The number of anilines is 1. The monoisotopic (exact) mass is 633 g/mol. The summed E-state index contributed by atoms with van der Waals surface area (Å²) in [5.74, 6) is 0.0977. The van der Waals surface area contributed by atoms with Crippen LogP contribution >= 0.6 is 49.6 Å². The number of aromatic hydroxyl groups is 1. The standard InChI is InChI=1S/C29H33F2N5OS4/c1-27-8-3-9-28(2,15-27)25(31)20(13-27)36(18-5-6-18)23-14-32-26(35-34-23)19-7-4-16(10-21(19)37)17-11-22(30)33-24(12-17)41-29(38,39)40/h4,7,10-12,14,18,20,25,37-40H,3,5-6,8-9,13,15H2,1-2H3/t20-,25-,27-,28-/m1/s1. The van der Waals surface area contributed by atoms with E-state index in [-0.39, 0.29) is 34.5 Å². The van der Waals surface area contributed by atoms with Crippen molar-refractivity contribution in [2.75, 3.05) is 4.90 Å². The zero-order valence-electron chi connectivity index (χ0n) is 22.8. The Morgan fingerprint density at radius 3 is 2.51 bits per heavy atom. The molecule has 0 unspecified atom stereocenters. The summed E-state index contributed by atoms with van der Waals surface area (Å²) >= 11 is 13.8. The normalized spacial score (nSPS) is 28.0. The summed E-state index contributed by atoms with van der Waals surface area (Å²) in [5.41, 5.74) is 1.32. The molecule has 1 aromatic carbocycles. The van der Waals surface area contributed by atoms with Gasteiger partial charge >= 0.3 is 0 Å². The van der Waals surface area contributed by atoms with Crippen molar-refractivity contribution in [1.29, 1.82) is 0 Å². The van der Waals surface area contributed by atoms with Gasteiger partial charge < -0.3 is 10.0 Å². The van der Waals surface area contributed by atoms with Crippen molar-refractivity contribution in [3.63, 3.8) is 0 Å². The van der Waals surface area contributed by atoms with Gasteiger partial charge in [-0.15, -0.1) is 48.1 Å². The number of phenolic OH excluding ortho intramolecular Hbond substituents is 1. The first kappa shape index (κ1) is 29.3. The zero-order chi connectivity index (χ0) is 29.2. The van der Waals surface area contributed by atoms with E-state index in [0.717, 1.165) is 56.7 Å². The molecule has 41 heavy (non-hydrogen) atoms. The number of aromatic nitrogens is 4. The van der Waals surface area contributed by atoms with E-state index in [1.54, 1.807) is 24.4 Å². The van der Waals surface area contributed by atoms with E-state index in [2.05, 4.69) is 76.8 Å². The average Bonchev–Trinajstić information content (AvgIpc) is 3.71. The van der Waals surface area contributed by atoms with E-state index in [4.69, 9.17) is 0 Å². The van der Waals surface area contributed by atoms with Crippen molar-refractivity contribution < 1.29 is 13.9 Å². The largest absolute Gasteiger partial charge is 0.507 e. The number of pyridine rings is 1. The molecular formula is C29H33F2N5OS4. The number of fused-ring (bicyclic) bond motifs is 2. The molecule has 2 aromatic heterocycles. The fourth-order valence-corrected chi connectivity index (χ4v) is 8.46. The minimum atomic E-state index is -1.04. The number of thioether (sulfide) groups is 1. The molecule has 0 amide bonds. The molecule has 3 aromatic rings. The van der Waals surface area contributed by atoms with Gasteiger partial charge in [0.2, 0.25) is 5.95 Å².